The summed E-state index contributed by atoms with van der Waals surface area (Å²) < 4.78 is 18.3. The van der Waals surface area contributed by atoms with Crippen molar-refractivity contribution in [3.63, 3.8) is 0 Å². The molecule has 3 aliphatic heterocycles. The summed E-state index contributed by atoms with van der Waals surface area (Å²) >= 11 is 0. The highest BCUT2D eigenvalue weighted by Gasteiger charge is 2.34. The molecule has 0 amide bonds. The van der Waals surface area contributed by atoms with Gasteiger partial charge in [-0.25, -0.2) is 9.37 Å². The molecule has 0 aliphatic carbocycles. The van der Waals surface area contributed by atoms with E-state index in [0.29, 0.717) is 23.0 Å². The molecule has 0 N–H and O–H groups in total. The van der Waals surface area contributed by atoms with Crippen LogP contribution in [0.5, 0.6) is 11.5 Å². The van der Waals surface area contributed by atoms with Crippen LogP contribution in [0.25, 0.3) is 5.76 Å². The van der Waals surface area contributed by atoms with Crippen LogP contribution >= 0.6 is 0 Å². The number of nitrogens with zero attached hydrogens (tertiary/aromatic N) is 1. The molecule has 0 spiro atoms. The molecule has 0 saturated heterocycles. The number of carbonyl (C=O) groups excluding carboxylic acids is 1. The van der Waals surface area contributed by atoms with E-state index in [4.69, 9.17) is 14.2 Å². The molecular weight excluding hydrogens is 318 g/mol. The first-order valence-corrected chi connectivity index (χ1v) is 8.30. The van der Waals surface area contributed by atoms with Crippen molar-refractivity contribution in [1.29, 1.82) is 0 Å². The predicted octanol–water partition coefficient (Wildman–Crippen LogP) is 2.52. The quantitative estimate of drug-likeness (QED) is 0.594. The van der Waals surface area contributed by atoms with Crippen LogP contribution in [-0.2, 0) is 22.5 Å². The minimum absolute atomic E-state index is 0.224. The van der Waals surface area contributed by atoms with Crippen molar-refractivity contribution in [2.24, 2.45) is 0 Å². The summed E-state index contributed by atoms with van der Waals surface area (Å²) in [7, 11) is 0. The Bertz CT molecular complexity index is 958. The topological polar surface area (TPSA) is 47.8 Å². The van der Waals surface area contributed by atoms with Crippen LogP contribution < -0.4 is 9.47 Å². The van der Waals surface area contributed by atoms with Gasteiger partial charge in [0.15, 0.2) is 18.0 Å². The minimum atomic E-state index is -0.299. The Morgan fingerprint density at radius 3 is 2.72 bits per heavy atom. The molecule has 5 nitrogen and oxygen atoms in total. The first kappa shape index (κ1) is 14.3. The van der Waals surface area contributed by atoms with E-state index in [1.807, 2.05) is 30.3 Å². The average molecular weight is 334 g/mol. The lowest BCUT2D eigenvalue weighted by molar-refractivity contribution is -0.545. The second kappa shape index (κ2) is 5.48. The third-order valence-corrected chi connectivity index (χ3v) is 4.81. The summed E-state index contributed by atoms with van der Waals surface area (Å²) in [5.74, 6) is 1.64. The Kier molecular flexibility index (Phi) is 3.13. The molecule has 5 rings (SSSR count). The van der Waals surface area contributed by atoms with E-state index in [0.717, 1.165) is 25.1 Å². The van der Waals surface area contributed by atoms with Crippen LogP contribution in [0.15, 0.2) is 48.5 Å². The van der Waals surface area contributed by atoms with Gasteiger partial charge in [-0.05, 0) is 23.8 Å². The molecule has 0 atom stereocenters. The largest absolute Gasteiger partial charge is 0.454 e. The number of carbonyl (C=O) groups is 1. The standard InChI is InChI=1S/C20H16NO4/c22-20-16(21-8-7-13-3-1-2-4-15(13)11-21)10-18(25-20)14-5-6-17-19(9-14)24-12-23-17/h1-6,9-10H,7-8,11-12H2/q+1. The Morgan fingerprint density at radius 2 is 1.80 bits per heavy atom. The van der Waals surface area contributed by atoms with Crippen LogP contribution in [0.4, 0.5) is 0 Å². The number of ether oxygens (including phenoxy) is 3. The van der Waals surface area contributed by atoms with Crippen molar-refractivity contribution < 1.29 is 23.6 Å². The van der Waals surface area contributed by atoms with E-state index in [9.17, 15) is 4.79 Å². The monoisotopic (exact) mass is 334 g/mol. The third-order valence-electron chi connectivity index (χ3n) is 4.81. The van der Waals surface area contributed by atoms with Gasteiger partial charge in [0, 0.05) is 17.5 Å². The summed E-state index contributed by atoms with van der Waals surface area (Å²) in [4.78, 5) is 12.4. The van der Waals surface area contributed by atoms with Gasteiger partial charge in [-0.3, -0.25) is 0 Å². The van der Waals surface area contributed by atoms with Crippen LogP contribution in [0, 0.1) is 0 Å². The second-order valence-corrected chi connectivity index (χ2v) is 6.29. The Morgan fingerprint density at radius 1 is 0.960 bits per heavy atom. The number of rotatable bonds is 1. The minimum Gasteiger partial charge on any atom is -0.454 e. The van der Waals surface area contributed by atoms with E-state index in [1.54, 1.807) is 0 Å². The lowest BCUT2D eigenvalue weighted by Crippen LogP contribution is -2.30. The molecule has 2 aromatic rings. The molecule has 0 radical (unpaired) electrons. The van der Waals surface area contributed by atoms with Gasteiger partial charge in [0.1, 0.15) is 12.3 Å². The van der Waals surface area contributed by atoms with Crippen molar-refractivity contribution >= 4 is 17.4 Å². The molecule has 0 aromatic heterocycles. The fourth-order valence-electron chi connectivity index (χ4n) is 3.48. The SMILES string of the molecule is O=C1OC(c2ccc3c(c2)OCO3)=CC1=[N+]1CCc2ccccc2C1. The highest BCUT2D eigenvalue weighted by atomic mass is 16.7. The molecule has 25 heavy (non-hydrogen) atoms. The summed E-state index contributed by atoms with van der Waals surface area (Å²) in [5.41, 5.74) is 4.04. The van der Waals surface area contributed by atoms with Gasteiger partial charge in [-0.1, -0.05) is 24.3 Å². The van der Waals surface area contributed by atoms with E-state index in [1.165, 1.54) is 11.1 Å². The lowest BCUT2D eigenvalue weighted by atomic mass is 10.0. The number of fused-ring (bicyclic) bond motifs is 2. The molecule has 0 saturated carbocycles. The van der Waals surface area contributed by atoms with Gasteiger partial charge in [0.2, 0.25) is 6.79 Å². The van der Waals surface area contributed by atoms with Gasteiger partial charge >= 0.3 is 5.97 Å². The zero-order chi connectivity index (χ0) is 16.8. The van der Waals surface area contributed by atoms with Gasteiger partial charge in [0.25, 0.3) is 5.71 Å². The van der Waals surface area contributed by atoms with Crippen LogP contribution in [-0.4, -0.2) is 29.6 Å². The molecule has 0 fully saturated rings. The van der Waals surface area contributed by atoms with Crippen molar-refractivity contribution in [1.82, 2.24) is 0 Å². The van der Waals surface area contributed by atoms with Gasteiger partial charge in [-0.15, -0.1) is 0 Å². The molecule has 3 heterocycles. The van der Waals surface area contributed by atoms with Crippen LogP contribution in [0.3, 0.4) is 0 Å². The fraction of sp³-hybridized carbons (Fsp3) is 0.200. The normalized spacial score (nSPS) is 21.0. The van der Waals surface area contributed by atoms with E-state index >= 15 is 0 Å². The maximum absolute atomic E-state index is 12.4. The third kappa shape index (κ3) is 2.39. The number of cyclic esters (lactones) is 1. The van der Waals surface area contributed by atoms with E-state index in [2.05, 4.69) is 22.8 Å². The van der Waals surface area contributed by atoms with Gasteiger partial charge in [-0.2, -0.15) is 0 Å². The Hall–Kier alpha value is -3.08. The lowest BCUT2D eigenvalue weighted by Gasteiger charge is -2.14. The maximum atomic E-state index is 12.4. The number of esters is 1. The van der Waals surface area contributed by atoms with Gasteiger partial charge < -0.3 is 14.2 Å². The summed E-state index contributed by atoms with van der Waals surface area (Å²) in [6.45, 7) is 1.76. The van der Waals surface area contributed by atoms with Crippen LogP contribution in [0.1, 0.15) is 16.7 Å². The molecule has 3 aliphatic rings. The predicted molar refractivity (Wildman–Crippen MR) is 90.6 cm³/mol. The Balaban J connectivity index is 1.50. The number of hydrogen-bond acceptors (Lipinski definition) is 4. The number of benzene rings is 2. The zero-order valence-corrected chi connectivity index (χ0v) is 13.5. The molecule has 2 aromatic carbocycles. The molecule has 0 unspecified atom stereocenters. The van der Waals surface area contributed by atoms with Crippen molar-refractivity contribution in [2.45, 2.75) is 13.0 Å². The van der Waals surface area contributed by atoms with Crippen molar-refractivity contribution in [3.05, 3.63) is 65.2 Å². The highest BCUT2D eigenvalue weighted by Crippen LogP contribution is 2.35. The number of hydrogen-bond donors (Lipinski definition) is 0. The summed E-state index contributed by atoms with van der Waals surface area (Å²) in [6.07, 6.45) is 2.76. The zero-order valence-electron chi connectivity index (χ0n) is 13.5. The molecular formula is C20H16NO4+. The van der Waals surface area contributed by atoms with Crippen molar-refractivity contribution in [2.75, 3.05) is 13.3 Å². The Labute approximate surface area is 144 Å². The molecule has 0 bridgehead atoms. The van der Waals surface area contributed by atoms with E-state index < -0.39 is 0 Å². The van der Waals surface area contributed by atoms with E-state index in [-0.39, 0.29) is 12.8 Å². The molecule has 124 valence electrons. The van der Waals surface area contributed by atoms with Crippen molar-refractivity contribution in [3.8, 4) is 11.5 Å². The highest BCUT2D eigenvalue weighted by molar-refractivity contribution is 6.43. The summed E-state index contributed by atoms with van der Waals surface area (Å²) in [6, 6.07) is 13.9. The molecule has 5 heteroatoms. The van der Waals surface area contributed by atoms with Gasteiger partial charge in [0.05, 0.1) is 6.08 Å². The first-order chi connectivity index (χ1) is 12.3. The fourth-order valence-corrected chi connectivity index (χ4v) is 3.48. The van der Waals surface area contributed by atoms with Crippen LogP contribution in [0.2, 0.25) is 0 Å². The first-order valence-electron chi connectivity index (χ1n) is 8.30. The summed E-state index contributed by atoms with van der Waals surface area (Å²) in [5, 5.41) is 0. The smallest absolute Gasteiger partial charge is 0.408 e. The average Bonchev–Trinajstić information content (AvgIpc) is 3.27. The maximum Gasteiger partial charge on any atom is 0.408 e. The second-order valence-electron chi connectivity index (χ2n) is 6.29.